The van der Waals surface area contributed by atoms with E-state index in [0.717, 1.165) is 17.7 Å². The van der Waals surface area contributed by atoms with Gasteiger partial charge in [-0.1, -0.05) is 17.7 Å². The van der Waals surface area contributed by atoms with E-state index >= 15 is 0 Å². The van der Waals surface area contributed by atoms with Gasteiger partial charge in [-0.05, 0) is 19.1 Å². The van der Waals surface area contributed by atoms with Gasteiger partial charge in [-0.15, -0.1) is 0 Å². The molecule has 1 aromatic rings. The second-order valence-electron chi connectivity index (χ2n) is 3.52. The van der Waals surface area contributed by atoms with Crippen LogP contribution in [0, 0.1) is 6.92 Å². The Morgan fingerprint density at radius 3 is 2.22 bits per heavy atom. The van der Waals surface area contributed by atoms with E-state index < -0.39 is 21.8 Å². The van der Waals surface area contributed by atoms with Gasteiger partial charge in [0.25, 0.3) is 15.9 Å². The molecule has 0 aliphatic rings. The summed E-state index contributed by atoms with van der Waals surface area (Å²) in [6.45, 7) is 1.81. The van der Waals surface area contributed by atoms with E-state index in [1.807, 2.05) is 6.92 Å². The van der Waals surface area contributed by atoms with Crippen LogP contribution in [-0.2, 0) is 19.6 Å². The summed E-state index contributed by atoms with van der Waals surface area (Å²) in [5, 5.41) is 0. The number of hydrogen-bond donors (Lipinski definition) is 2. The highest BCUT2D eigenvalue weighted by Crippen LogP contribution is 2.09. The van der Waals surface area contributed by atoms with E-state index in [1.165, 1.54) is 12.1 Å². The van der Waals surface area contributed by atoms with E-state index in [1.54, 1.807) is 16.9 Å². The standard InChI is InChI=1S/C11H12N2O4S/c1-8-2-4-9(5-3-8)18(16,17)13-11(15)7-6-10(12)14/h2-7H,1H3,(H2,12,14)(H,13,15)/b7-6+. The van der Waals surface area contributed by atoms with E-state index in [-0.39, 0.29) is 4.90 Å². The van der Waals surface area contributed by atoms with E-state index in [2.05, 4.69) is 0 Å². The number of aryl methyl sites for hydroxylation is 1. The number of carbonyl (C=O) groups excluding carboxylic acids is 2. The minimum absolute atomic E-state index is 0.0334. The second kappa shape index (κ2) is 5.46. The third-order valence-electron chi connectivity index (χ3n) is 1.97. The SMILES string of the molecule is Cc1ccc(S(=O)(=O)NC(=O)/C=C/C(N)=O)cc1. The molecular formula is C11H12N2O4S. The highest BCUT2D eigenvalue weighted by molar-refractivity contribution is 7.90. The zero-order valence-corrected chi connectivity index (χ0v) is 10.4. The minimum Gasteiger partial charge on any atom is -0.366 e. The first-order chi connectivity index (χ1) is 8.31. The summed E-state index contributed by atoms with van der Waals surface area (Å²) in [6, 6.07) is 5.97. The van der Waals surface area contributed by atoms with Gasteiger partial charge in [0.05, 0.1) is 4.90 Å². The molecule has 0 unspecified atom stereocenters. The predicted molar refractivity (Wildman–Crippen MR) is 64.8 cm³/mol. The summed E-state index contributed by atoms with van der Waals surface area (Å²) < 4.78 is 25.2. The summed E-state index contributed by atoms with van der Waals surface area (Å²) in [5.41, 5.74) is 5.67. The zero-order chi connectivity index (χ0) is 13.8. The lowest BCUT2D eigenvalue weighted by Crippen LogP contribution is -2.29. The molecule has 96 valence electrons. The van der Waals surface area contributed by atoms with Crippen molar-refractivity contribution in [2.75, 3.05) is 0 Å². The first-order valence-electron chi connectivity index (χ1n) is 4.92. The van der Waals surface area contributed by atoms with Crippen LogP contribution in [0.4, 0.5) is 0 Å². The summed E-state index contributed by atoms with van der Waals surface area (Å²) in [7, 11) is -3.93. The fourth-order valence-electron chi connectivity index (χ4n) is 1.10. The van der Waals surface area contributed by atoms with Gasteiger partial charge in [-0.2, -0.15) is 0 Å². The maximum absolute atomic E-state index is 11.7. The number of amides is 2. The largest absolute Gasteiger partial charge is 0.366 e. The fraction of sp³-hybridized carbons (Fsp3) is 0.0909. The molecule has 1 rings (SSSR count). The molecule has 2 amide bonds. The molecule has 7 heteroatoms. The molecule has 0 aromatic heterocycles. The third-order valence-corrected chi connectivity index (χ3v) is 3.33. The summed E-state index contributed by atoms with van der Waals surface area (Å²) in [4.78, 5) is 21.6. The van der Waals surface area contributed by atoms with Crippen molar-refractivity contribution in [2.24, 2.45) is 5.73 Å². The fourth-order valence-corrected chi connectivity index (χ4v) is 2.05. The number of nitrogens with one attached hydrogen (secondary N) is 1. The maximum Gasteiger partial charge on any atom is 0.264 e. The highest BCUT2D eigenvalue weighted by atomic mass is 32.2. The molecule has 0 bridgehead atoms. The zero-order valence-electron chi connectivity index (χ0n) is 9.58. The Hall–Kier alpha value is -2.15. The van der Waals surface area contributed by atoms with Gasteiger partial charge in [-0.3, -0.25) is 9.59 Å². The number of nitrogens with two attached hydrogens (primary N) is 1. The molecular weight excluding hydrogens is 256 g/mol. The molecule has 0 heterocycles. The van der Waals surface area contributed by atoms with E-state index in [9.17, 15) is 18.0 Å². The van der Waals surface area contributed by atoms with Crippen LogP contribution in [0.2, 0.25) is 0 Å². The minimum atomic E-state index is -3.93. The Morgan fingerprint density at radius 2 is 1.72 bits per heavy atom. The van der Waals surface area contributed by atoms with Crippen LogP contribution < -0.4 is 10.5 Å². The van der Waals surface area contributed by atoms with Crippen molar-refractivity contribution in [1.29, 1.82) is 0 Å². The average Bonchev–Trinajstić information content (AvgIpc) is 2.26. The van der Waals surface area contributed by atoms with Crippen molar-refractivity contribution >= 4 is 21.8 Å². The van der Waals surface area contributed by atoms with Gasteiger partial charge < -0.3 is 5.73 Å². The monoisotopic (exact) mass is 268 g/mol. The normalized spacial score (nSPS) is 11.4. The lowest BCUT2D eigenvalue weighted by Gasteiger charge is -2.04. The summed E-state index contributed by atoms with van der Waals surface area (Å²) in [6.07, 6.45) is 1.54. The van der Waals surface area contributed by atoms with Crippen LogP contribution in [0.15, 0.2) is 41.3 Å². The Balaban J connectivity index is 2.86. The molecule has 0 radical (unpaired) electrons. The number of sulfonamides is 1. The molecule has 1 aromatic carbocycles. The van der Waals surface area contributed by atoms with Gasteiger partial charge >= 0.3 is 0 Å². The van der Waals surface area contributed by atoms with Crippen LogP contribution >= 0.6 is 0 Å². The molecule has 0 saturated carbocycles. The van der Waals surface area contributed by atoms with Gasteiger partial charge in [-0.25, -0.2) is 13.1 Å². The maximum atomic E-state index is 11.7. The summed E-state index contributed by atoms with van der Waals surface area (Å²) in [5.74, 6) is -1.77. The lowest BCUT2D eigenvalue weighted by atomic mass is 10.2. The molecule has 18 heavy (non-hydrogen) atoms. The topological polar surface area (TPSA) is 106 Å². The van der Waals surface area contributed by atoms with E-state index in [0.29, 0.717) is 0 Å². The smallest absolute Gasteiger partial charge is 0.264 e. The Morgan fingerprint density at radius 1 is 1.17 bits per heavy atom. The number of hydrogen-bond acceptors (Lipinski definition) is 4. The quantitative estimate of drug-likeness (QED) is 0.740. The van der Waals surface area contributed by atoms with Crippen LogP contribution in [0.3, 0.4) is 0 Å². The molecule has 0 saturated heterocycles. The van der Waals surface area contributed by atoms with Gasteiger partial charge in [0.1, 0.15) is 0 Å². The Bertz CT molecular complexity index is 588. The molecule has 0 atom stereocenters. The van der Waals surface area contributed by atoms with Crippen molar-refractivity contribution in [3.63, 3.8) is 0 Å². The van der Waals surface area contributed by atoms with Crippen LogP contribution in [0.25, 0.3) is 0 Å². The van der Waals surface area contributed by atoms with E-state index in [4.69, 9.17) is 5.73 Å². The second-order valence-corrected chi connectivity index (χ2v) is 5.20. The first kappa shape index (κ1) is 13.9. The number of primary amides is 1. The van der Waals surface area contributed by atoms with Crippen molar-refractivity contribution in [3.05, 3.63) is 42.0 Å². The van der Waals surface area contributed by atoms with Crippen LogP contribution in [0.5, 0.6) is 0 Å². The van der Waals surface area contributed by atoms with Crippen LogP contribution in [0.1, 0.15) is 5.56 Å². The molecule has 6 nitrogen and oxygen atoms in total. The Labute approximate surface area is 105 Å². The Kier molecular flexibility index (Phi) is 4.22. The highest BCUT2D eigenvalue weighted by Gasteiger charge is 2.15. The number of rotatable bonds is 4. The van der Waals surface area contributed by atoms with Crippen molar-refractivity contribution in [2.45, 2.75) is 11.8 Å². The molecule has 0 spiro atoms. The molecule has 3 N–H and O–H groups in total. The van der Waals surface area contributed by atoms with Crippen molar-refractivity contribution in [1.82, 2.24) is 4.72 Å². The van der Waals surface area contributed by atoms with Gasteiger partial charge in [0.15, 0.2) is 0 Å². The van der Waals surface area contributed by atoms with Gasteiger partial charge in [0.2, 0.25) is 5.91 Å². The molecule has 0 fully saturated rings. The van der Waals surface area contributed by atoms with Crippen LogP contribution in [-0.4, -0.2) is 20.2 Å². The lowest BCUT2D eigenvalue weighted by molar-refractivity contribution is -0.116. The number of benzene rings is 1. The van der Waals surface area contributed by atoms with Crippen molar-refractivity contribution in [3.8, 4) is 0 Å². The van der Waals surface area contributed by atoms with Gasteiger partial charge in [0, 0.05) is 12.2 Å². The first-order valence-corrected chi connectivity index (χ1v) is 6.40. The average molecular weight is 268 g/mol. The van der Waals surface area contributed by atoms with Crippen molar-refractivity contribution < 1.29 is 18.0 Å². The third kappa shape index (κ3) is 4.02. The summed E-state index contributed by atoms with van der Waals surface area (Å²) >= 11 is 0. The predicted octanol–water partition coefficient (Wildman–Crippen LogP) is -0.159. The molecule has 0 aliphatic carbocycles. The number of carbonyl (C=O) groups is 2. The molecule has 0 aliphatic heterocycles.